The third-order valence-corrected chi connectivity index (χ3v) is 3.80. The highest BCUT2D eigenvalue weighted by Gasteiger charge is 2.30. The molecular weight excluding hydrogens is 335 g/mol. The molecule has 0 spiro atoms. The molecule has 2 heterocycles. The molecule has 3 rings (SSSR count). The topological polar surface area (TPSA) is 71.1 Å². The van der Waals surface area contributed by atoms with Gasteiger partial charge in [0.2, 0.25) is 5.91 Å². The van der Waals surface area contributed by atoms with E-state index in [2.05, 4.69) is 15.6 Å². The normalized spacial score (nSPS) is 13.8. The molecule has 0 saturated carbocycles. The van der Waals surface area contributed by atoms with E-state index in [0.717, 1.165) is 11.8 Å². The summed E-state index contributed by atoms with van der Waals surface area (Å²) in [5.74, 6) is -0.709. The summed E-state index contributed by atoms with van der Waals surface area (Å²) in [5, 5.41) is 5.32. The van der Waals surface area contributed by atoms with Gasteiger partial charge < -0.3 is 10.6 Å². The van der Waals surface area contributed by atoms with E-state index in [9.17, 15) is 22.8 Å². The van der Waals surface area contributed by atoms with Gasteiger partial charge in [0, 0.05) is 35.8 Å². The van der Waals surface area contributed by atoms with Crippen molar-refractivity contribution in [3.05, 3.63) is 53.3 Å². The molecule has 0 aliphatic carbocycles. The Labute approximate surface area is 141 Å². The van der Waals surface area contributed by atoms with E-state index >= 15 is 0 Å². The van der Waals surface area contributed by atoms with Gasteiger partial charge >= 0.3 is 6.18 Å². The van der Waals surface area contributed by atoms with Gasteiger partial charge in [-0.15, -0.1) is 0 Å². The molecule has 1 aliphatic heterocycles. The van der Waals surface area contributed by atoms with Gasteiger partial charge in [0.25, 0.3) is 5.91 Å². The molecule has 0 unspecified atom stereocenters. The minimum absolute atomic E-state index is 0.0710. The minimum atomic E-state index is -4.43. The maximum atomic E-state index is 12.6. The summed E-state index contributed by atoms with van der Waals surface area (Å²) in [7, 11) is 0. The van der Waals surface area contributed by atoms with E-state index in [4.69, 9.17) is 0 Å². The Hall–Kier alpha value is -2.90. The number of aryl methyl sites for hydroxylation is 1. The van der Waals surface area contributed by atoms with Crippen LogP contribution in [0.5, 0.6) is 0 Å². The molecule has 0 bridgehead atoms. The van der Waals surface area contributed by atoms with Crippen LogP contribution in [-0.4, -0.2) is 23.0 Å². The molecule has 2 aromatic rings. The highest BCUT2D eigenvalue weighted by atomic mass is 19.4. The van der Waals surface area contributed by atoms with E-state index < -0.39 is 18.5 Å². The fraction of sp³-hybridized carbons (Fsp3) is 0.235. The largest absolute Gasteiger partial charge is 0.393 e. The Balaban J connectivity index is 1.80. The number of rotatable bonds is 3. The van der Waals surface area contributed by atoms with Crippen LogP contribution in [0.15, 0.2) is 36.7 Å². The molecule has 1 aromatic heterocycles. The molecule has 25 heavy (non-hydrogen) atoms. The van der Waals surface area contributed by atoms with Gasteiger partial charge in [0.1, 0.15) is 0 Å². The average molecular weight is 349 g/mol. The Morgan fingerprint density at radius 3 is 2.80 bits per heavy atom. The Bertz CT molecular complexity index is 834. The number of carbonyl (C=O) groups excluding carboxylic acids is 2. The SMILES string of the molecule is O=C1CCc2cc(NC(=O)c3ccncc3CC(F)(F)F)ccc2N1. The fourth-order valence-electron chi connectivity index (χ4n) is 2.67. The second kappa shape index (κ2) is 6.54. The highest BCUT2D eigenvalue weighted by molar-refractivity contribution is 6.05. The van der Waals surface area contributed by atoms with Crippen LogP contribution in [0.1, 0.15) is 27.9 Å². The van der Waals surface area contributed by atoms with Gasteiger partial charge in [-0.25, -0.2) is 0 Å². The smallest absolute Gasteiger partial charge is 0.326 e. The predicted octanol–water partition coefficient (Wildman–Crippen LogP) is 3.32. The Kier molecular flexibility index (Phi) is 4.43. The first-order valence-electron chi connectivity index (χ1n) is 7.55. The van der Waals surface area contributed by atoms with Gasteiger partial charge in [-0.3, -0.25) is 14.6 Å². The number of halogens is 3. The molecule has 1 aromatic carbocycles. The molecule has 2 N–H and O–H groups in total. The van der Waals surface area contributed by atoms with Crippen LogP contribution < -0.4 is 10.6 Å². The summed E-state index contributed by atoms with van der Waals surface area (Å²) < 4.78 is 37.9. The second-order valence-corrected chi connectivity index (χ2v) is 5.70. The van der Waals surface area contributed by atoms with Crippen molar-refractivity contribution >= 4 is 23.2 Å². The molecule has 0 fully saturated rings. The molecule has 130 valence electrons. The number of amides is 2. The van der Waals surface area contributed by atoms with Crippen LogP contribution in [0, 0.1) is 0 Å². The second-order valence-electron chi connectivity index (χ2n) is 5.70. The standard InChI is InChI=1S/C17H14F3N3O2/c18-17(19,20)8-11-9-21-6-5-13(11)16(25)22-12-2-3-14-10(7-12)1-4-15(24)23-14/h2-3,5-7,9H,1,4,8H2,(H,22,25)(H,23,24). The van der Waals surface area contributed by atoms with Crippen molar-refractivity contribution in [3.63, 3.8) is 0 Å². The van der Waals surface area contributed by atoms with Crippen molar-refractivity contribution < 1.29 is 22.8 Å². The zero-order valence-corrected chi connectivity index (χ0v) is 13.0. The maximum Gasteiger partial charge on any atom is 0.393 e. The van der Waals surface area contributed by atoms with Gasteiger partial charge in [0.15, 0.2) is 0 Å². The van der Waals surface area contributed by atoms with Crippen molar-refractivity contribution in [1.29, 1.82) is 0 Å². The molecule has 0 atom stereocenters. The summed E-state index contributed by atoms with van der Waals surface area (Å²) in [5.41, 5.74) is 1.74. The van der Waals surface area contributed by atoms with Gasteiger partial charge in [0.05, 0.1) is 6.42 Å². The summed E-state index contributed by atoms with van der Waals surface area (Å²) in [6.07, 6.45) is -2.44. The van der Waals surface area contributed by atoms with Crippen LogP contribution in [0.2, 0.25) is 0 Å². The van der Waals surface area contributed by atoms with E-state index in [0.29, 0.717) is 24.2 Å². The van der Waals surface area contributed by atoms with Crippen molar-refractivity contribution in [2.24, 2.45) is 0 Å². The summed E-state index contributed by atoms with van der Waals surface area (Å²) in [4.78, 5) is 27.4. The van der Waals surface area contributed by atoms with Crippen LogP contribution >= 0.6 is 0 Å². The van der Waals surface area contributed by atoms with Crippen molar-refractivity contribution in [2.75, 3.05) is 10.6 Å². The number of nitrogens with one attached hydrogen (secondary N) is 2. The number of anilines is 2. The summed E-state index contributed by atoms with van der Waals surface area (Å²) >= 11 is 0. The first-order chi connectivity index (χ1) is 11.8. The lowest BCUT2D eigenvalue weighted by molar-refractivity contribution is -0.127. The summed E-state index contributed by atoms with van der Waals surface area (Å²) in [6.45, 7) is 0. The molecule has 0 radical (unpaired) electrons. The molecule has 5 nitrogen and oxygen atoms in total. The zero-order valence-electron chi connectivity index (χ0n) is 13.0. The van der Waals surface area contributed by atoms with Crippen LogP contribution in [-0.2, 0) is 17.6 Å². The average Bonchev–Trinajstić information content (AvgIpc) is 2.54. The number of alkyl halides is 3. The first kappa shape index (κ1) is 16.9. The predicted molar refractivity (Wildman–Crippen MR) is 85.3 cm³/mol. The van der Waals surface area contributed by atoms with E-state index in [1.165, 1.54) is 12.3 Å². The highest BCUT2D eigenvalue weighted by Crippen LogP contribution is 2.27. The van der Waals surface area contributed by atoms with E-state index in [-0.39, 0.29) is 17.0 Å². The van der Waals surface area contributed by atoms with Crippen molar-refractivity contribution in [1.82, 2.24) is 4.98 Å². The van der Waals surface area contributed by atoms with E-state index in [1.807, 2.05) is 0 Å². The van der Waals surface area contributed by atoms with Gasteiger partial charge in [-0.2, -0.15) is 13.2 Å². The van der Waals surface area contributed by atoms with Crippen LogP contribution in [0.25, 0.3) is 0 Å². The number of benzene rings is 1. The van der Waals surface area contributed by atoms with Gasteiger partial charge in [-0.1, -0.05) is 0 Å². The lowest BCUT2D eigenvalue weighted by Crippen LogP contribution is -2.20. The van der Waals surface area contributed by atoms with E-state index in [1.54, 1.807) is 18.2 Å². The molecule has 2 amide bonds. The minimum Gasteiger partial charge on any atom is -0.326 e. The van der Waals surface area contributed by atoms with Crippen LogP contribution in [0.4, 0.5) is 24.5 Å². The number of hydrogen-bond donors (Lipinski definition) is 2. The van der Waals surface area contributed by atoms with Crippen molar-refractivity contribution in [2.45, 2.75) is 25.4 Å². The molecular formula is C17H14F3N3O2. The van der Waals surface area contributed by atoms with Gasteiger partial charge in [-0.05, 0) is 41.8 Å². The third-order valence-electron chi connectivity index (χ3n) is 3.80. The lowest BCUT2D eigenvalue weighted by atomic mass is 10.0. The summed E-state index contributed by atoms with van der Waals surface area (Å²) in [6, 6.07) is 6.21. The maximum absolute atomic E-state index is 12.6. The number of aromatic nitrogens is 1. The Morgan fingerprint density at radius 2 is 2.04 bits per heavy atom. The number of fused-ring (bicyclic) bond motifs is 1. The number of pyridine rings is 1. The fourth-order valence-corrected chi connectivity index (χ4v) is 2.67. The third kappa shape index (κ3) is 4.14. The van der Waals surface area contributed by atoms with Crippen molar-refractivity contribution in [3.8, 4) is 0 Å². The number of hydrogen-bond acceptors (Lipinski definition) is 3. The molecule has 8 heteroatoms. The van der Waals surface area contributed by atoms with Crippen LogP contribution in [0.3, 0.4) is 0 Å². The number of nitrogens with zero attached hydrogens (tertiary/aromatic N) is 1. The zero-order chi connectivity index (χ0) is 18.0. The quantitative estimate of drug-likeness (QED) is 0.893. The number of carbonyl (C=O) groups is 2. The monoisotopic (exact) mass is 349 g/mol. The lowest BCUT2D eigenvalue weighted by Gasteiger charge is -2.18. The molecule has 0 saturated heterocycles. The molecule has 1 aliphatic rings. The first-order valence-corrected chi connectivity index (χ1v) is 7.55. The Morgan fingerprint density at radius 1 is 1.24 bits per heavy atom.